The van der Waals surface area contributed by atoms with E-state index in [1.54, 1.807) is 12.4 Å². The number of rotatable bonds is 2. The van der Waals surface area contributed by atoms with Crippen molar-refractivity contribution < 1.29 is 0 Å². The lowest BCUT2D eigenvalue weighted by Gasteiger charge is -2.23. The highest BCUT2D eigenvalue weighted by molar-refractivity contribution is 6.33. The van der Waals surface area contributed by atoms with E-state index in [4.69, 9.17) is 18.0 Å². The molecule has 0 N–H and O–H groups in total. The predicted molar refractivity (Wildman–Crippen MR) is 55.9 cm³/mol. The van der Waals surface area contributed by atoms with Crippen LogP contribution >= 0.6 is 11.6 Å². The Kier molecular flexibility index (Phi) is 3.16. The second kappa shape index (κ2) is 4.15. The molecule has 3 heteroatoms. The molecule has 1 aromatic heterocycles. The zero-order valence-electron chi connectivity index (χ0n) is 7.66. The summed E-state index contributed by atoms with van der Waals surface area (Å²) in [7, 11) is 1.91. The van der Waals surface area contributed by atoms with Crippen LogP contribution in [0.2, 0.25) is 5.02 Å². The van der Waals surface area contributed by atoms with Crippen LogP contribution in [0, 0.1) is 12.3 Å². The van der Waals surface area contributed by atoms with Gasteiger partial charge in [-0.1, -0.05) is 17.5 Å². The molecule has 0 bridgehead atoms. The van der Waals surface area contributed by atoms with Gasteiger partial charge >= 0.3 is 0 Å². The van der Waals surface area contributed by atoms with Crippen molar-refractivity contribution in [1.29, 1.82) is 0 Å². The fraction of sp³-hybridized carbons (Fsp3) is 0.300. The molecule has 0 fully saturated rings. The second-order valence-corrected chi connectivity index (χ2v) is 3.19. The fourth-order valence-electron chi connectivity index (χ4n) is 0.974. The van der Waals surface area contributed by atoms with E-state index in [9.17, 15) is 0 Å². The normalized spacial score (nSPS) is 11.8. The smallest absolute Gasteiger partial charge is 0.0870 e. The van der Waals surface area contributed by atoms with Gasteiger partial charge in [0, 0.05) is 19.4 Å². The summed E-state index contributed by atoms with van der Waals surface area (Å²) in [6.07, 6.45) is 8.61. The van der Waals surface area contributed by atoms with E-state index in [1.165, 1.54) is 0 Å². The van der Waals surface area contributed by atoms with E-state index in [-0.39, 0.29) is 6.04 Å². The lowest BCUT2D eigenvalue weighted by atomic mass is 10.2. The first-order valence-corrected chi connectivity index (χ1v) is 4.33. The molecule has 0 aliphatic rings. The molecule has 2 nitrogen and oxygen atoms in total. The minimum Gasteiger partial charge on any atom is -0.360 e. The van der Waals surface area contributed by atoms with Crippen LogP contribution < -0.4 is 4.90 Å². The zero-order chi connectivity index (χ0) is 9.84. The summed E-state index contributed by atoms with van der Waals surface area (Å²) >= 11 is 5.95. The van der Waals surface area contributed by atoms with Crippen LogP contribution in [0.5, 0.6) is 0 Å². The number of aromatic nitrogens is 1. The van der Waals surface area contributed by atoms with Gasteiger partial charge in [-0.25, -0.2) is 0 Å². The first-order chi connectivity index (χ1) is 6.16. The summed E-state index contributed by atoms with van der Waals surface area (Å²) in [6.45, 7) is 1.94. The van der Waals surface area contributed by atoms with Crippen LogP contribution in [0.4, 0.5) is 5.69 Å². The maximum atomic E-state index is 5.95. The van der Waals surface area contributed by atoms with Gasteiger partial charge in [0.2, 0.25) is 0 Å². The second-order valence-electron chi connectivity index (χ2n) is 2.78. The standard InChI is InChI=1S/C10H11ClN2/c1-4-8(2)13(3)10-5-6-12-7-9(10)11/h1,5-8H,2-3H3. The average molecular weight is 195 g/mol. The van der Waals surface area contributed by atoms with Crippen LogP contribution in [-0.2, 0) is 0 Å². The highest BCUT2D eigenvalue weighted by atomic mass is 35.5. The Morgan fingerprint density at radius 1 is 1.69 bits per heavy atom. The summed E-state index contributed by atoms with van der Waals surface area (Å²) in [5, 5.41) is 0.618. The van der Waals surface area contributed by atoms with Crippen LogP contribution in [0.25, 0.3) is 0 Å². The summed E-state index contributed by atoms with van der Waals surface area (Å²) < 4.78 is 0. The van der Waals surface area contributed by atoms with Crippen LogP contribution in [0.15, 0.2) is 18.5 Å². The Hall–Kier alpha value is -1.20. The Morgan fingerprint density at radius 3 is 2.92 bits per heavy atom. The third kappa shape index (κ3) is 2.13. The first kappa shape index (κ1) is 9.88. The van der Waals surface area contributed by atoms with Crippen molar-refractivity contribution in [3.8, 4) is 12.3 Å². The molecule has 0 spiro atoms. The number of anilines is 1. The highest BCUT2D eigenvalue weighted by Gasteiger charge is 2.09. The van der Waals surface area contributed by atoms with E-state index in [0.29, 0.717) is 5.02 Å². The summed E-state index contributed by atoms with van der Waals surface area (Å²) in [4.78, 5) is 5.84. The quantitative estimate of drug-likeness (QED) is 0.671. The molecular formula is C10H11ClN2. The Morgan fingerprint density at radius 2 is 2.38 bits per heavy atom. The number of hydrogen-bond acceptors (Lipinski definition) is 2. The van der Waals surface area contributed by atoms with Gasteiger partial charge in [-0.3, -0.25) is 4.98 Å². The first-order valence-electron chi connectivity index (χ1n) is 3.95. The minimum absolute atomic E-state index is 0.0277. The molecular weight excluding hydrogens is 184 g/mol. The van der Waals surface area contributed by atoms with Crippen molar-refractivity contribution in [1.82, 2.24) is 4.98 Å². The average Bonchev–Trinajstić information content (AvgIpc) is 2.16. The fourth-order valence-corrected chi connectivity index (χ4v) is 1.23. The molecule has 0 aliphatic heterocycles. The van der Waals surface area contributed by atoms with Crippen molar-refractivity contribution in [2.75, 3.05) is 11.9 Å². The molecule has 68 valence electrons. The van der Waals surface area contributed by atoms with Gasteiger partial charge in [-0.05, 0) is 13.0 Å². The van der Waals surface area contributed by atoms with Gasteiger partial charge < -0.3 is 4.90 Å². The van der Waals surface area contributed by atoms with E-state index in [1.807, 2.05) is 24.9 Å². The van der Waals surface area contributed by atoms with Crippen molar-refractivity contribution in [2.45, 2.75) is 13.0 Å². The van der Waals surface area contributed by atoms with Gasteiger partial charge in [0.25, 0.3) is 0 Å². The molecule has 0 saturated carbocycles. The molecule has 1 atom stereocenters. The summed E-state index contributed by atoms with van der Waals surface area (Å²) in [5.41, 5.74) is 0.905. The Balaban J connectivity index is 2.96. The molecule has 1 heterocycles. The zero-order valence-corrected chi connectivity index (χ0v) is 8.42. The number of pyridine rings is 1. The van der Waals surface area contributed by atoms with E-state index >= 15 is 0 Å². The third-order valence-corrected chi connectivity index (χ3v) is 2.24. The van der Waals surface area contributed by atoms with Crippen molar-refractivity contribution in [2.24, 2.45) is 0 Å². The topological polar surface area (TPSA) is 16.1 Å². The molecule has 0 aliphatic carbocycles. The molecule has 1 aromatic rings. The van der Waals surface area contributed by atoms with Gasteiger partial charge in [0.1, 0.15) is 0 Å². The summed E-state index contributed by atoms with van der Waals surface area (Å²) in [5.74, 6) is 2.64. The lowest BCUT2D eigenvalue weighted by Crippen LogP contribution is -2.27. The van der Waals surface area contributed by atoms with Crippen molar-refractivity contribution in [3.05, 3.63) is 23.5 Å². The molecule has 0 amide bonds. The Labute approximate surface area is 83.5 Å². The van der Waals surface area contributed by atoms with Gasteiger partial charge in [0.05, 0.1) is 16.8 Å². The molecule has 13 heavy (non-hydrogen) atoms. The molecule has 0 aromatic carbocycles. The maximum Gasteiger partial charge on any atom is 0.0870 e. The monoisotopic (exact) mass is 194 g/mol. The number of terminal acetylenes is 1. The number of nitrogens with zero attached hydrogens (tertiary/aromatic N) is 2. The Bertz CT molecular complexity index is 330. The van der Waals surface area contributed by atoms with Crippen molar-refractivity contribution >= 4 is 17.3 Å². The van der Waals surface area contributed by atoms with E-state index < -0.39 is 0 Å². The third-order valence-electron chi connectivity index (χ3n) is 1.95. The molecule has 0 saturated heterocycles. The molecule has 0 radical (unpaired) electrons. The maximum absolute atomic E-state index is 5.95. The number of hydrogen-bond donors (Lipinski definition) is 0. The summed E-state index contributed by atoms with van der Waals surface area (Å²) in [6, 6.07) is 1.87. The predicted octanol–water partition coefficient (Wildman–Crippen LogP) is 2.19. The largest absolute Gasteiger partial charge is 0.360 e. The SMILES string of the molecule is C#CC(C)N(C)c1ccncc1Cl. The van der Waals surface area contributed by atoms with Gasteiger partial charge in [0.15, 0.2) is 0 Å². The lowest BCUT2D eigenvalue weighted by molar-refractivity contribution is 0.846. The van der Waals surface area contributed by atoms with Crippen LogP contribution in [0.3, 0.4) is 0 Å². The molecule has 1 rings (SSSR count). The molecule has 1 unspecified atom stereocenters. The minimum atomic E-state index is 0.0277. The van der Waals surface area contributed by atoms with E-state index in [2.05, 4.69) is 10.9 Å². The number of halogens is 1. The van der Waals surface area contributed by atoms with Crippen LogP contribution in [-0.4, -0.2) is 18.1 Å². The van der Waals surface area contributed by atoms with Gasteiger partial charge in [-0.15, -0.1) is 6.42 Å². The van der Waals surface area contributed by atoms with Gasteiger partial charge in [-0.2, -0.15) is 0 Å². The van der Waals surface area contributed by atoms with Crippen molar-refractivity contribution in [3.63, 3.8) is 0 Å². The highest BCUT2D eigenvalue weighted by Crippen LogP contribution is 2.24. The van der Waals surface area contributed by atoms with Crippen LogP contribution in [0.1, 0.15) is 6.92 Å². The van der Waals surface area contributed by atoms with E-state index in [0.717, 1.165) is 5.69 Å².